The Kier molecular flexibility index (Phi) is 5.05. The molecule has 1 heterocycles. The van der Waals surface area contributed by atoms with Crippen LogP contribution in [-0.2, 0) is 0 Å². The van der Waals surface area contributed by atoms with Gasteiger partial charge in [-0.05, 0) is 32.6 Å². The van der Waals surface area contributed by atoms with E-state index in [9.17, 15) is 0 Å². The molecule has 0 amide bonds. The Morgan fingerprint density at radius 2 is 2.00 bits per heavy atom. The molecule has 0 radical (unpaired) electrons. The highest BCUT2D eigenvalue weighted by molar-refractivity contribution is 5.62. The molecule has 0 fully saturated rings. The molecular weight excluding hydrogens is 200 g/mol. The van der Waals surface area contributed by atoms with Crippen molar-refractivity contribution in [1.82, 2.24) is 9.88 Å². The van der Waals surface area contributed by atoms with Gasteiger partial charge in [0.05, 0.1) is 5.69 Å². The van der Waals surface area contributed by atoms with E-state index >= 15 is 0 Å². The van der Waals surface area contributed by atoms with Crippen molar-refractivity contribution in [3.05, 3.63) is 18.3 Å². The van der Waals surface area contributed by atoms with Crippen LogP contribution in [0.4, 0.5) is 11.5 Å². The Morgan fingerprint density at radius 3 is 2.56 bits per heavy atom. The Morgan fingerprint density at radius 1 is 1.25 bits per heavy atom. The van der Waals surface area contributed by atoms with Crippen LogP contribution in [0, 0.1) is 0 Å². The first-order valence-corrected chi connectivity index (χ1v) is 5.75. The number of nitrogens with zero attached hydrogens (tertiary/aromatic N) is 3. The molecule has 0 unspecified atom stereocenters. The summed E-state index contributed by atoms with van der Waals surface area (Å²) in [5.41, 5.74) is 6.94. The lowest BCUT2D eigenvalue weighted by Crippen LogP contribution is -2.32. The highest BCUT2D eigenvalue weighted by atomic mass is 15.2. The number of pyridine rings is 1. The summed E-state index contributed by atoms with van der Waals surface area (Å²) in [7, 11) is 4.16. The van der Waals surface area contributed by atoms with Crippen molar-refractivity contribution in [2.24, 2.45) is 0 Å². The number of anilines is 2. The molecular formula is C12H22N4. The van der Waals surface area contributed by atoms with Gasteiger partial charge in [-0.2, -0.15) is 0 Å². The number of rotatable bonds is 6. The Labute approximate surface area is 98.1 Å². The van der Waals surface area contributed by atoms with E-state index in [2.05, 4.69) is 35.8 Å². The van der Waals surface area contributed by atoms with Crippen LogP contribution in [0.1, 0.15) is 13.3 Å². The van der Waals surface area contributed by atoms with Crippen molar-refractivity contribution in [3.8, 4) is 0 Å². The van der Waals surface area contributed by atoms with Crippen LogP contribution in [0.2, 0.25) is 0 Å². The standard InChI is InChI=1S/C12H22N4/c1-4-8-16(10-9-15(2)3)11-6-5-7-14-12(11)13/h5-7H,4,8-10H2,1-3H3,(H2,13,14). The second kappa shape index (κ2) is 6.33. The first kappa shape index (κ1) is 12.8. The molecule has 0 spiro atoms. The van der Waals surface area contributed by atoms with Gasteiger partial charge in [0.15, 0.2) is 0 Å². The molecule has 0 atom stereocenters. The maximum Gasteiger partial charge on any atom is 0.146 e. The third-order valence-corrected chi connectivity index (χ3v) is 2.47. The third-order valence-electron chi connectivity index (χ3n) is 2.47. The summed E-state index contributed by atoms with van der Waals surface area (Å²) in [4.78, 5) is 8.60. The van der Waals surface area contributed by atoms with E-state index < -0.39 is 0 Å². The van der Waals surface area contributed by atoms with E-state index in [0.717, 1.165) is 31.7 Å². The molecule has 2 N–H and O–H groups in total. The second-order valence-corrected chi connectivity index (χ2v) is 4.20. The Bertz CT molecular complexity index is 312. The van der Waals surface area contributed by atoms with Gasteiger partial charge in [0, 0.05) is 25.8 Å². The van der Waals surface area contributed by atoms with Crippen LogP contribution in [-0.4, -0.2) is 43.6 Å². The Balaban J connectivity index is 2.73. The summed E-state index contributed by atoms with van der Waals surface area (Å²) in [5.74, 6) is 0.620. The molecule has 1 aromatic rings. The normalized spacial score (nSPS) is 10.8. The fourth-order valence-corrected chi connectivity index (χ4v) is 1.62. The number of aromatic nitrogens is 1. The predicted molar refractivity (Wildman–Crippen MR) is 69.7 cm³/mol. The summed E-state index contributed by atoms with van der Waals surface area (Å²) in [6.45, 7) is 5.20. The van der Waals surface area contributed by atoms with Gasteiger partial charge in [-0.25, -0.2) is 4.98 Å². The SMILES string of the molecule is CCCN(CCN(C)C)c1cccnc1N. The van der Waals surface area contributed by atoms with E-state index in [1.165, 1.54) is 0 Å². The predicted octanol–water partition coefficient (Wildman–Crippen LogP) is 1.44. The first-order chi connectivity index (χ1) is 7.65. The smallest absolute Gasteiger partial charge is 0.146 e. The van der Waals surface area contributed by atoms with Gasteiger partial charge < -0.3 is 15.5 Å². The quantitative estimate of drug-likeness (QED) is 0.791. The van der Waals surface area contributed by atoms with Crippen LogP contribution < -0.4 is 10.6 Å². The molecule has 0 aliphatic rings. The molecule has 0 saturated heterocycles. The molecule has 90 valence electrons. The molecule has 1 rings (SSSR count). The molecule has 16 heavy (non-hydrogen) atoms. The molecule has 0 aliphatic heterocycles. The molecule has 1 aromatic heterocycles. The van der Waals surface area contributed by atoms with Gasteiger partial charge in [0.2, 0.25) is 0 Å². The third kappa shape index (κ3) is 3.70. The maximum absolute atomic E-state index is 5.89. The van der Waals surface area contributed by atoms with Crippen LogP contribution in [0.15, 0.2) is 18.3 Å². The van der Waals surface area contributed by atoms with E-state index in [1.54, 1.807) is 6.20 Å². The van der Waals surface area contributed by atoms with Crippen LogP contribution in [0.5, 0.6) is 0 Å². The minimum atomic E-state index is 0.620. The molecule has 4 nitrogen and oxygen atoms in total. The highest BCUT2D eigenvalue weighted by Crippen LogP contribution is 2.19. The maximum atomic E-state index is 5.89. The minimum Gasteiger partial charge on any atom is -0.382 e. The van der Waals surface area contributed by atoms with E-state index in [4.69, 9.17) is 5.73 Å². The minimum absolute atomic E-state index is 0.620. The number of hydrogen-bond donors (Lipinski definition) is 1. The van der Waals surface area contributed by atoms with Gasteiger partial charge in [0.1, 0.15) is 5.82 Å². The fourth-order valence-electron chi connectivity index (χ4n) is 1.62. The van der Waals surface area contributed by atoms with Crippen molar-refractivity contribution in [3.63, 3.8) is 0 Å². The lowest BCUT2D eigenvalue weighted by molar-refractivity contribution is 0.413. The number of hydrogen-bond acceptors (Lipinski definition) is 4. The van der Waals surface area contributed by atoms with Gasteiger partial charge in [-0.3, -0.25) is 0 Å². The van der Waals surface area contributed by atoms with Gasteiger partial charge in [0.25, 0.3) is 0 Å². The van der Waals surface area contributed by atoms with E-state index in [0.29, 0.717) is 5.82 Å². The largest absolute Gasteiger partial charge is 0.382 e. The monoisotopic (exact) mass is 222 g/mol. The van der Waals surface area contributed by atoms with Crippen molar-refractivity contribution in [1.29, 1.82) is 0 Å². The fraction of sp³-hybridized carbons (Fsp3) is 0.583. The van der Waals surface area contributed by atoms with E-state index in [-0.39, 0.29) is 0 Å². The Hall–Kier alpha value is -1.29. The second-order valence-electron chi connectivity index (χ2n) is 4.20. The summed E-state index contributed by atoms with van der Waals surface area (Å²) in [6.07, 6.45) is 2.84. The van der Waals surface area contributed by atoms with Crippen LogP contribution in [0.3, 0.4) is 0 Å². The summed E-state index contributed by atoms with van der Waals surface area (Å²) in [6, 6.07) is 3.97. The van der Waals surface area contributed by atoms with E-state index in [1.807, 2.05) is 12.1 Å². The number of nitrogens with two attached hydrogens (primary N) is 1. The van der Waals surface area contributed by atoms with Crippen LogP contribution in [0.25, 0.3) is 0 Å². The lowest BCUT2D eigenvalue weighted by atomic mass is 10.3. The zero-order valence-electron chi connectivity index (χ0n) is 10.5. The average Bonchev–Trinajstić information content (AvgIpc) is 2.25. The summed E-state index contributed by atoms with van der Waals surface area (Å²) < 4.78 is 0. The lowest BCUT2D eigenvalue weighted by Gasteiger charge is -2.26. The topological polar surface area (TPSA) is 45.4 Å². The van der Waals surface area contributed by atoms with Gasteiger partial charge in [-0.1, -0.05) is 6.92 Å². The van der Waals surface area contributed by atoms with Crippen molar-refractivity contribution < 1.29 is 0 Å². The summed E-state index contributed by atoms with van der Waals surface area (Å²) >= 11 is 0. The zero-order valence-corrected chi connectivity index (χ0v) is 10.5. The highest BCUT2D eigenvalue weighted by Gasteiger charge is 2.09. The van der Waals surface area contributed by atoms with Crippen molar-refractivity contribution in [2.75, 3.05) is 44.4 Å². The zero-order chi connectivity index (χ0) is 12.0. The van der Waals surface area contributed by atoms with Gasteiger partial charge >= 0.3 is 0 Å². The number of likely N-dealkylation sites (N-methyl/N-ethyl adjacent to an activating group) is 1. The first-order valence-electron chi connectivity index (χ1n) is 5.75. The molecule has 0 aromatic carbocycles. The molecule has 0 aliphatic carbocycles. The molecule has 4 heteroatoms. The van der Waals surface area contributed by atoms with Gasteiger partial charge in [-0.15, -0.1) is 0 Å². The summed E-state index contributed by atoms with van der Waals surface area (Å²) in [5, 5.41) is 0. The van der Waals surface area contributed by atoms with Crippen molar-refractivity contribution >= 4 is 11.5 Å². The van der Waals surface area contributed by atoms with Crippen molar-refractivity contribution in [2.45, 2.75) is 13.3 Å². The molecule has 0 saturated carbocycles. The average molecular weight is 222 g/mol. The van der Waals surface area contributed by atoms with Crippen LogP contribution >= 0.6 is 0 Å². The number of nitrogen functional groups attached to an aromatic ring is 1. The molecule has 0 bridgehead atoms.